The molecule has 0 aromatic heterocycles. The molecule has 20 heavy (non-hydrogen) atoms. The van der Waals surface area contributed by atoms with E-state index in [9.17, 15) is 9.18 Å². The van der Waals surface area contributed by atoms with Gasteiger partial charge in [-0.15, -0.1) is 0 Å². The summed E-state index contributed by atoms with van der Waals surface area (Å²) in [5.41, 5.74) is 1.51. The molecule has 2 rings (SSSR count). The summed E-state index contributed by atoms with van der Waals surface area (Å²) in [5, 5.41) is 17.8. The number of aliphatic carboxylic acids is 1. The lowest BCUT2D eigenvalue weighted by atomic mass is 9.79. The van der Waals surface area contributed by atoms with Crippen molar-refractivity contribution in [3.8, 4) is 0 Å². The second-order valence-corrected chi connectivity index (χ2v) is 5.66. The smallest absolute Gasteiger partial charge is 0.306 e. The summed E-state index contributed by atoms with van der Waals surface area (Å²) in [6, 6.07) is 5.20. The monoisotopic (exact) mass is 280 g/mol. The number of hydrogen-bond acceptors (Lipinski definition) is 2. The van der Waals surface area contributed by atoms with Gasteiger partial charge in [0.1, 0.15) is 5.82 Å². The molecule has 110 valence electrons. The molecule has 1 saturated carbocycles. The summed E-state index contributed by atoms with van der Waals surface area (Å²) in [7, 11) is 0. The summed E-state index contributed by atoms with van der Waals surface area (Å²) in [5.74, 6) is -0.692. The third kappa shape index (κ3) is 3.79. The quantitative estimate of drug-likeness (QED) is 0.872. The zero-order valence-corrected chi connectivity index (χ0v) is 11.5. The molecule has 0 spiro atoms. The van der Waals surface area contributed by atoms with Crippen LogP contribution in [-0.2, 0) is 17.6 Å². The summed E-state index contributed by atoms with van der Waals surface area (Å²) in [4.78, 5) is 10.9. The second kappa shape index (κ2) is 6.84. The van der Waals surface area contributed by atoms with Crippen LogP contribution >= 0.6 is 0 Å². The van der Waals surface area contributed by atoms with Crippen LogP contribution in [0.3, 0.4) is 0 Å². The molecule has 0 aliphatic heterocycles. The largest absolute Gasteiger partial charge is 0.481 e. The van der Waals surface area contributed by atoms with Gasteiger partial charge in [0.2, 0.25) is 0 Å². The number of halogens is 1. The van der Waals surface area contributed by atoms with Gasteiger partial charge in [0.05, 0.1) is 5.92 Å². The number of aliphatic hydroxyl groups is 1. The molecule has 1 aliphatic rings. The van der Waals surface area contributed by atoms with Crippen molar-refractivity contribution in [2.24, 2.45) is 11.8 Å². The molecule has 1 aromatic carbocycles. The normalized spacial score (nSPS) is 22.7. The summed E-state index contributed by atoms with van der Waals surface area (Å²) in [6.07, 6.45) is 4.41. The number of carboxylic acid groups (broad SMARTS) is 1. The lowest BCUT2D eigenvalue weighted by Crippen LogP contribution is -2.22. The van der Waals surface area contributed by atoms with Crippen molar-refractivity contribution in [3.05, 3.63) is 35.1 Å². The average molecular weight is 280 g/mol. The first-order valence-corrected chi connectivity index (χ1v) is 7.21. The van der Waals surface area contributed by atoms with Gasteiger partial charge in [0.25, 0.3) is 0 Å². The van der Waals surface area contributed by atoms with Crippen molar-refractivity contribution in [3.63, 3.8) is 0 Å². The van der Waals surface area contributed by atoms with E-state index in [2.05, 4.69) is 0 Å². The van der Waals surface area contributed by atoms with E-state index in [1.807, 2.05) is 6.07 Å². The number of rotatable bonds is 5. The van der Waals surface area contributed by atoms with Crippen LogP contribution in [-0.4, -0.2) is 22.8 Å². The molecule has 3 nitrogen and oxygen atoms in total. The van der Waals surface area contributed by atoms with Crippen molar-refractivity contribution in [2.75, 3.05) is 6.61 Å². The minimum atomic E-state index is -0.692. The molecule has 1 aromatic rings. The molecule has 0 atom stereocenters. The highest BCUT2D eigenvalue weighted by Crippen LogP contribution is 2.31. The number of hydrogen-bond donors (Lipinski definition) is 2. The third-order valence-electron chi connectivity index (χ3n) is 4.22. The van der Waals surface area contributed by atoms with Gasteiger partial charge in [0, 0.05) is 6.61 Å². The molecule has 0 unspecified atom stereocenters. The number of aliphatic hydroxyl groups excluding tert-OH is 1. The van der Waals surface area contributed by atoms with E-state index >= 15 is 0 Å². The van der Waals surface area contributed by atoms with Crippen LogP contribution < -0.4 is 0 Å². The Morgan fingerprint density at radius 3 is 2.50 bits per heavy atom. The zero-order chi connectivity index (χ0) is 14.5. The Morgan fingerprint density at radius 2 is 1.95 bits per heavy atom. The first kappa shape index (κ1) is 15.0. The Morgan fingerprint density at radius 1 is 1.25 bits per heavy atom. The Labute approximate surface area is 118 Å². The molecule has 2 N–H and O–H groups in total. The lowest BCUT2D eigenvalue weighted by Gasteiger charge is -2.26. The van der Waals surface area contributed by atoms with Gasteiger partial charge in [-0.3, -0.25) is 4.79 Å². The van der Waals surface area contributed by atoms with E-state index in [1.165, 1.54) is 0 Å². The maximum atomic E-state index is 13.8. The fourth-order valence-electron chi connectivity index (χ4n) is 2.99. The Kier molecular flexibility index (Phi) is 5.12. The maximum absolute atomic E-state index is 13.8. The van der Waals surface area contributed by atoms with Crippen molar-refractivity contribution < 1.29 is 19.4 Å². The highest BCUT2D eigenvalue weighted by atomic mass is 19.1. The van der Waals surface area contributed by atoms with Crippen molar-refractivity contribution in [2.45, 2.75) is 38.5 Å². The van der Waals surface area contributed by atoms with E-state index in [4.69, 9.17) is 10.2 Å². The molecular formula is C16H21FO3. The molecule has 0 radical (unpaired) electrons. The predicted molar refractivity (Wildman–Crippen MR) is 74.0 cm³/mol. The van der Waals surface area contributed by atoms with Gasteiger partial charge in [-0.2, -0.15) is 0 Å². The highest BCUT2D eigenvalue weighted by molar-refractivity contribution is 5.69. The van der Waals surface area contributed by atoms with Gasteiger partial charge in [0.15, 0.2) is 0 Å². The summed E-state index contributed by atoms with van der Waals surface area (Å²) >= 11 is 0. The van der Waals surface area contributed by atoms with Gasteiger partial charge in [-0.25, -0.2) is 4.39 Å². The minimum absolute atomic E-state index is 0.0462. The van der Waals surface area contributed by atoms with E-state index in [-0.39, 0.29) is 18.3 Å². The molecule has 1 aliphatic carbocycles. The van der Waals surface area contributed by atoms with Crippen LogP contribution in [0.25, 0.3) is 0 Å². The topological polar surface area (TPSA) is 57.5 Å². The fourth-order valence-corrected chi connectivity index (χ4v) is 2.99. The lowest BCUT2D eigenvalue weighted by molar-refractivity contribution is -0.143. The van der Waals surface area contributed by atoms with Crippen LogP contribution in [0, 0.1) is 17.7 Å². The molecule has 0 saturated heterocycles. The van der Waals surface area contributed by atoms with Crippen molar-refractivity contribution in [1.29, 1.82) is 0 Å². The van der Waals surface area contributed by atoms with Crippen LogP contribution in [0.4, 0.5) is 4.39 Å². The van der Waals surface area contributed by atoms with Gasteiger partial charge < -0.3 is 10.2 Å². The Bertz CT molecular complexity index is 465. The van der Waals surface area contributed by atoms with Crippen LogP contribution in [0.1, 0.15) is 36.8 Å². The van der Waals surface area contributed by atoms with E-state index < -0.39 is 5.97 Å². The Hall–Kier alpha value is -1.42. The van der Waals surface area contributed by atoms with Crippen LogP contribution in [0.2, 0.25) is 0 Å². The van der Waals surface area contributed by atoms with E-state index in [0.717, 1.165) is 37.7 Å². The van der Waals surface area contributed by atoms with Crippen LogP contribution in [0.15, 0.2) is 18.2 Å². The molecular weight excluding hydrogens is 259 g/mol. The highest BCUT2D eigenvalue weighted by Gasteiger charge is 2.25. The molecule has 1 fully saturated rings. The molecule has 0 heterocycles. The fraction of sp³-hybridized carbons (Fsp3) is 0.562. The van der Waals surface area contributed by atoms with Gasteiger partial charge in [-0.05, 0) is 61.6 Å². The molecule has 0 bridgehead atoms. The molecule has 0 amide bonds. The predicted octanol–water partition coefficient (Wildman–Crippen LogP) is 2.79. The zero-order valence-electron chi connectivity index (χ0n) is 11.5. The maximum Gasteiger partial charge on any atom is 0.306 e. The number of benzene rings is 1. The first-order chi connectivity index (χ1) is 9.60. The minimum Gasteiger partial charge on any atom is -0.481 e. The standard InChI is InChI=1S/C16H21FO3/c17-15-10-12(3-4-13(15)7-8-18)9-11-1-5-14(6-2-11)16(19)20/h3-4,10-11,14,18H,1-2,5-9H2,(H,19,20). The molecule has 4 heteroatoms. The van der Waals surface area contributed by atoms with Crippen molar-refractivity contribution in [1.82, 2.24) is 0 Å². The van der Waals surface area contributed by atoms with Crippen LogP contribution in [0.5, 0.6) is 0 Å². The SMILES string of the molecule is O=C(O)C1CCC(Cc2ccc(CCO)c(F)c2)CC1. The van der Waals surface area contributed by atoms with Gasteiger partial charge in [-0.1, -0.05) is 12.1 Å². The average Bonchev–Trinajstić information content (AvgIpc) is 2.42. The Balaban J connectivity index is 1.91. The van der Waals surface area contributed by atoms with E-state index in [1.54, 1.807) is 12.1 Å². The third-order valence-corrected chi connectivity index (χ3v) is 4.22. The number of carbonyl (C=O) groups is 1. The van der Waals surface area contributed by atoms with E-state index in [0.29, 0.717) is 17.9 Å². The second-order valence-electron chi connectivity index (χ2n) is 5.66. The number of carboxylic acids is 1. The summed E-state index contributed by atoms with van der Waals surface area (Å²) in [6.45, 7) is -0.0462. The summed E-state index contributed by atoms with van der Waals surface area (Å²) < 4.78 is 13.8. The first-order valence-electron chi connectivity index (χ1n) is 7.21. The van der Waals surface area contributed by atoms with Gasteiger partial charge >= 0.3 is 5.97 Å². The van der Waals surface area contributed by atoms with Crippen molar-refractivity contribution >= 4 is 5.97 Å².